The molecular formula is C22H29NO2. The van der Waals surface area contributed by atoms with Crippen LogP contribution in [-0.4, -0.2) is 12.0 Å². The lowest BCUT2D eigenvalue weighted by molar-refractivity contribution is -0.129. The van der Waals surface area contributed by atoms with E-state index in [2.05, 4.69) is 44.3 Å². The Labute approximate surface area is 151 Å². The first-order valence-corrected chi connectivity index (χ1v) is 9.06. The minimum atomic E-state index is -0.485. The molecular weight excluding hydrogens is 310 g/mol. The number of carbonyl (C=O) groups excluding carboxylic acids is 1. The number of amides is 1. The van der Waals surface area contributed by atoms with Crippen LogP contribution >= 0.6 is 0 Å². The Morgan fingerprint density at radius 2 is 1.68 bits per heavy atom. The monoisotopic (exact) mass is 339 g/mol. The number of ether oxygens (including phenoxy) is 1. The average Bonchev–Trinajstić information content (AvgIpc) is 2.61. The maximum absolute atomic E-state index is 12.7. The van der Waals surface area contributed by atoms with E-state index in [4.69, 9.17) is 4.74 Å². The van der Waals surface area contributed by atoms with Crippen molar-refractivity contribution in [2.75, 3.05) is 0 Å². The molecule has 2 aromatic rings. The van der Waals surface area contributed by atoms with Crippen molar-refractivity contribution < 1.29 is 9.53 Å². The average molecular weight is 339 g/mol. The third-order valence-corrected chi connectivity index (χ3v) is 4.68. The lowest BCUT2D eigenvalue weighted by Gasteiger charge is -2.23. The van der Waals surface area contributed by atoms with Gasteiger partial charge in [-0.25, -0.2) is 0 Å². The van der Waals surface area contributed by atoms with Gasteiger partial charge in [0.1, 0.15) is 5.75 Å². The number of nitrogens with one attached hydrogen (secondary N) is 1. The number of hydrogen-bond acceptors (Lipinski definition) is 2. The lowest BCUT2D eigenvalue weighted by Crippen LogP contribution is -2.40. The molecule has 1 N–H and O–H groups in total. The van der Waals surface area contributed by atoms with Gasteiger partial charge in [0.25, 0.3) is 5.91 Å². The first-order chi connectivity index (χ1) is 12.0. The Kier molecular flexibility index (Phi) is 6.63. The first kappa shape index (κ1) is 19.0. The van der Waals surface area contributed by atoms with E-state index < -0.39 is 6.10 Å². The molecule has 0 aliphatic heterocycles. The maximum atomic E-state index is 12.7. The minimum Gasteiger partial charge on any atom is -0.480 e. The van der Waals surface area contributed by atoms with Gasteiger partial charge in [0.05, 0.1) is 6.04 Å². The second-order valence-electron chi connectivity index (χ2n) is 6.59. The predicted octanol–water partition coefficient (Wildman–Crippen LogP) is 5.04. The number of aryl methyl sites for hydroxylation is 3. The standard InChI is InChI=1S/C22H29NO2/c1-6-19(18-13-12-15(3)17(5)14-18)23-22(24)20(7-2)25-21-11-9-8-10-16(21)4/h8-14,19-20H,6-7H2,1-5H3,(H,23,24)/t19-,20-/m0/s1. The van der Waals surface area contributed by atoms with Crippen LogP contribution < -0.4 is 10.1 Å². The molecule has 3 nitrogen and oxygen atoms in total. The largest absolute Gasteiger partial charge is 0.480 e. The van der Waals surface area contributed by atoms with Crippen LogP contribution in [0.5, 0.6) is 5.75 Å². The van der Waals surface area contributed by atoms with Crippen molar-refractivity contribution in [2.45, 2.75) is 59.6 Å². The Balaban J connectivity index is 2.11. The molecule has 2 atom stereocenters. The van der Waals surface area contributed by atoms with Crippen LogP contribution in [0.1, 0.15) is 55.0 Å². The summed E-state index contributed by atoms with van der Waals surface area (Å²) in [6, 6.07) is 14.2. The summed E-state index contributed by atoms with van der Waals surface area (Å²) in [6.45, 7) is 10.2. The van der Waals surface area contributed by atoms with Crippen molar-refractivity contribution >= 4 is 5.91 Å². The van der Waals surface area contributed by atoms with Gasteiger partial charge >= 0.3 is 0 Å². The van der Waals surface area contributed by atoms with Crippen molar-refractivity contribution in [3.05, 3.63) is 64.7 Å². The van der Waals surface area contributed by atoms with E-state index >= 15 is 0 Å². The van der Waals surface area contributed by atoms with Gasteiger partial charge in [0.2, 0.25) is 0 Å². The van der Waals surface area contributed by atoms with Gasteiger partial charge in [0, 0.05) is 0 Å². The topological polar surface area (TPSA) is 38.3 Å². The van der Waals surface area contributed by atoms with Crippen LogP contribution in [0.2, 0.25) is 0 Å². The quantitative estimate of drug-likeness (QED) is 0.768. The van der Waals surface area contributed by atoms with Crippen molar-refractivity contribution in [3.8, 4) is 5.75 Å². The molecule has 2 rings (SSSR count). The van der Waals surface area contributed by atoms with Gasteiger partial charge in [-0.15, -0.1) is 0 Å². The fraction of sp³-hybridized carbons (Fsp3) is 0.409. The van der Waals surface area contributed by atoms with Crippen molar-refractivity contribution in [2.24, 2.45) is 0 Å². The molecule has 0 aliphatic carbocycles. The molecule has 0 saturated heterocycles. The van der Waals surface area contributed by atoms with E-state index in [1.807, 2.05) is 38.1 Å². The summed E-state index contributed by atoms with van der Waals surface area (Å²) in [4.78, 5) is 12.7. The van der Waals surface area contributed by atoms with Gasteiger partial charge in [-0.2, -0.15) is 0 Å². The minimum absolute atomic E-state index is 0.00122. The summed E-state index contributed by atoms with van der Waals surface area (Å²) in [5.41, 5.74) is 4.69. The van der Waals surface area contributed by atoms with E-state index in [9.17, 15) is 4.79 Å². The SMILES string of the molecule is CC[C@H](Oc1ccccc1C)C(=O)N[C@@H](CC)c1ccc(C)c(C)c1. The van der Waals surface area contributed by atoms with E-state index in [0.717, 1.165) is 23.3 Å². The van der Waals surface area contributed by atoms with E-state index in [-0.39, 0.29) is 11.9 Å². The molecule has 25 heavy (non-hydrogen) atoms. The molecule has 0 radical (unpaired) electrons. The first-order valence-electron chi connectivity index (χ1n) is 9.06. The molecule has 0 fully saturated rings. The summed E-state index contributed by atoms with van der Waals surface area (Å²) in [5.74, 6) is 0.708. The number of para-hydroxylation sites is 1. The second kappa shape index (κ2) is 8.70. The normalized spacial score (nSPS) is 13.2. The van der Waals surface area contributed by atoms with Crippen LogP contribution in [0.4, 0.5) is 0 Å². The summed E-state index contributed by atoms with van der Waals surface area (Å²) in [7, 11) is 0. The Hall–Kier alpha value is -2.29. The van der Waals surface area contributed by atoms with Gasteiger partial charge in [-0.3, -0.25) is 4.79 Å². The number of rotatable bonds is 7. The molecule has 0 bridgehead atoms. The van der Waals surface area contributed by atoms with Crippen molar-refractivity contribution in [3.63, 3.8) is 0 Å². The van der Waals surface area contributed by atoms with E-state index in [1.165, 1.54) is 11.1 Å². The van der Waals surface area contributed by atoms with Gasteiger partial charge < -0.3 is 10.1 Å². The molecule has 0 heterocycles. The zero-order chi connectivity index (χ0) is 18.4. The van der Waals surface area contributed by atoms with Crippen LogP contribution in [0.15, 0.2) is 42.5 Å². The molecule has 0 aromatic heterocycles. The highest BCUT2D eigenvalue weighted by Gasteiger charge is 2.22. The summed E-state index contributed by atoms with van der Waals surface area (Å²) in [5, 5.41) is 3.16. The van der Waals surface area contributed by atoms with Crippen LogP contribution in [-0.2, 0) is 4.79 Å². The summed E-state index contributed by atoms with van der Waals surface area (Å²) in [6.07, 6.45) is 0.986. The second-order valence-corrected chi connectivity index (χ2v) is 6.59. The zero-order valence-corrected chi connectivity index (χ0v) is 15.9. The highest BCUT2D eigenvalue weighted by atomic mass is 16.5. The Morgan fingerprint density at radius 3 is 2.28 bits per heavy atom. The molecule has 1 amide bonds. The molecule has 0 spiro atoms. The van der Waals surface area contributed by atoms with E-state index in [1.54, 1.807) is 0 Å². The van der Waals surface area contributed by atoms with E-state index in [0.29, 0.717) is 6.42 Å². The third kappa shape index (κ3) is 4.85. The van der Waals surface area contributed by atoms with Gasteiger partial charge in [-0.05, 0) is 61.9 Å². The molecule has 0 unspecified atom stereocenters. The zero-order valence-electron chi connectivity index (χ0n) is 15.9. The fourth-order valence-corrected chi connectivity index (χ4v) is 2.83. The Bertz CT molecular complexity index is 724. The molecule has 2 aromatic carbocycles. The van der Waals surface area contributed by atoms with Crippen LogP contribution in [0.25, 0.3) is 0 Å². The number of benzene rings is 2. The summed E-state index contributed by atoms with van der Waals surface area (Å²) >= 11 is 0. The Morgan fingerprint density at radius 1 is 0.960 bits per heavy atom. The summed E-state index contributed by atoms with van der Waals surface area (Å²) < 4.78 is 5.97. The predicted molar refractivity (Wildman–Crippen MR) is 103 cm³/mol. The number of hydrogen-bond donors (Lipinski definition) is 1. The maximum Gasteiger partial charge on any atom is 0.261 e. The van der Waals surface area contributed by atoms with Crippen molar-refractivity contribution in [1.82, 2.24) is 5.32 Å². The molecule has 134 valence electrons. The van der Waals surface area contributed by atoms with Crippen LogP contribution in [0, 0.1) is 20.8 Å². The third-order valence-electron chi connectivity index (χ3n) is 4.68. The van der Waals surface area contributed by atoms with Crippen molar-refractivity contribution in [1.29, 1.82) is 0 Å². The number of carbonyl (C=O) groups is 1. The fourth-order valence-electron chi connectivity index (χ4n) is 2.83. The molecule has 0 aliphatic rings. The van der Waals surface area contributed by atoms with Gasteiger partial charge in [-0.1, -0.05) is 50.2 Å². The highest BCUT2D eigenvalue weighted by Crippen LogP contribution is 2.22. The van der Waals surface area contributed by atoms with Crippen LogP contribution in [0.3, 0.4) is 0 Å². The smallest absolute Gasteiger partial charge is 0.261 e. The lowest BCUT2D eigenvalue weighted by atomic mass is 9.99. The highest BCUT2D eigenvalue weighted by molar-refractivity contribution is 5.81. The van der Waals surface area contributed by atoms with Gasteiger partial charge in [0.15, 0.2) is 6.10 Å². The molecule has 3 heteroatoms. The molecule has 0 saturated carbocycles.